The van der Waals surface area contributed by atoms with Crippen LogP contribution in [0.4, 0.5) is 4.79 Å². The van der Waals surface area contributed by atoms with Crippen LogP contribution in [-0.4, -0.2) is 36.5 Å². The maximum Gasteiger partial charge on any atom is 0.315 e. The second kappa shape index (κ2) is 7.79. The molecule has 5 nitrogen and oxygen atoms in total. The van der Waals surface area contributed by atoms with Crippen molar-refractivity contribution in [2.75, 3.05) is 13.2 Å². The molecule has 3 unspecified atom stereocenters. The third kappa shape index (κ3) is 4.14. The number of carbonyl (C=O) groups excluding carboxylic acids is 1. The van der Waals surface area contributed by atoms with E-state index in [-0.39, 0.29) is 24.7 Å². The summed E-state index contributed by atoms with van der Waals surface area (Å²) in [6.45, 7) is 2.66. The predicted molar refractivity (Wildman–Crippen MR) is 94.2 cm³/mol. The lowest BCUT2D eigenvalue weighted by molar-refractivity contribution is 0.122. The van der Waals surface area contributed by atoms with Crippen LogP contribution in [0.2, 0.25) is 0 Å². The third-order valence-corrected chi connectivity index (χ3v) is 5.31. The van der Waals surface area contributed by atoms with Crippen molar-refractivity contribution >= 4 is 17.4 Å². The fourth-order valence-corrected chi connectivity index (χ4v) is 3.83. The highest BCUT2D eigenvalue weighted by Crippen LogP contribution is 2.27. The van der Waals surface area contributed by atoms with Crippen LogP contribution in [-0.2, 0) is 11.2 Å². The van der Waals surface area contributed by atoms with Gasteiger partial charge in [-0.1, -0.05) is 30.3 Å². The first-order valence-corrected chi connectivity index (χ1v) is 8.92. The van der Waals surface area contributed by atoms with E-state index in [1.165, 1.54) is 11.1 Å². The van der Waals surface area contributed by atoms with Crippen molar-refractivity contribution in [2.24, 2.45) is 0 Å². The fourth-order valence-electron chi connectivity index (χ4n) is 2.85. The Bertz CT molecular complexity index is 674. The molecular weight excluding hydrogens is 324 g/mol. The molecule has 1 aromatic heterocycles. The van der Waals surface area contributed by atoms with Crippen LogP contribution < -0.4 is 10.6 Å². The number of nitrogens with one attached hydrogen (secondary N) is 2. The molecule has 1 saturated heterocycles. The van der Waals surface area contributed by atoms with Crippen molar-refractivity contribution < 1.29 is 14.6 Å². The van der Waals surface area contributed by atoms with Gasteiger partial charge >= 0.3 is 6.03 Å². The number of amides is 2. The molecule has 0 saturated carbocycles. The van der Waals surface area contributed by atoms with E-state index < -0.39 is 6.10 Å². The molecule has 0 spiro atoms. The van der Waals surface area contributed by atoms with Crippen LogP contribution in [0.5, 0.6) is 0 Å². The van der Waals surface area contributed by atoms with E-state index in [1.54, 1.807) is 11.3 Å². The molecule has 0 bridgehead atoms. The number of benzene rings is 1. The number of urea groups is 1. The number of hydrogen-bond donors (Lipinski definition) is 3. The first kappa shape index (κ1) is 17.0. The highest BCUT2D eigenvalue weighted by Gasteiger charge is 2.28. The minimum atomic E-state index is -0.646. The number of rotatable bonds is 5. The zero-order valence-corrected chi connectivity index (χ0v) is 14.4. The lowest BCUT2D eigenvalue weighted by Crippen LogP contribution is -2.48. The Kier molecular flexibility index (Phi) is 5.50. The maximum atomic E-state index is 12.4. The lowest BCUT2D eigenvalue weighted by Gasteiger charge is -2.21. The van der Waals surface area contributed by atoms with Gasteiger partial charge in [0.25, 0.3) is 0 Å². The summed E-state index contributed by atoms with van der Waals surface area (Å²) in [5.74, 6) is 0. The Morgan fingerprint density at radius 1 is 1.33 bits per heavy atom. The van der Waals surface area contributed by atoms with Gasteiger partial charge in [0.05, 0.1) is 31.4 Å². The van der Waals surface area contributed by atoms with Gasteiger partial charge in [-0.2, -0.15) is 0 Å². The number of hydrogen-bond acceptors (Lipinski definition) is 4. The van der Waals surface area contributed by atoms with Crippen LogP contribution >= 0.6 is 11.3 Å². The second-order valence-electron chi connectivity index (χ2n) is 6.04. The Balaban J connectivity index is 1.70. The van der Waals surface area contributed by atoms with Crippen LogP contribution in [0.25, 0.3) is 0 Å². The summed E-state index contributed by atoms with van der Waals surface area (Å²) >= 11 is 1.65. The minimum Gasteiger partial charge on any atom is -0.388 e. The molecule has 2 aromatic rings. The first-order chi connectivity index (χ1) is 11.6. The average Bonchev–Trinajstić information content (AvgIpc) is 3.16. The smallest absolute Gasteiger partial charge is 0.315 e. The van der Waals surface area contributed by atoms with Crippen molar-refractivity contribution in [3.8, 4) is 0 Å². The van der Waals surface area contributed by atoms with E-state index >= 15 is 0 Å². The summed E-state index contributed by atoms with van der Waals surface area (Å²) in [5.41, 5.74) is 2.34. The van der Waals surface area contributed by atoms with Crippen LogP contribution in [0.15, 0.2) is 41.8 Å². The Hall–Kier alpha value is -1.89. The molecular formula is C18H22N2O3S. The van der Waals surface area contributed by atoms with Crippen LogP contribution in [0, 0.1) is 6.92 Å². The number of thiophene rings is 1. The minimum absolute atomic E-state index is 0.105. The van der Waals surface area contributed by atoms with Crippen LogP contribution in [0.1, 0.15) is 22.0 Å². The molecule has 128 valence electrons. The lowest BCUT2D eigenvalue weighted by atomic mass is 10.0. The molecule has 3 atom stereocenters. The van der Waals surface area contributed by atoms with Gasteiger partial charge in [-0.3, -0.25) is 0 Å². The summed E-state index contributed by atoms with van der Waals surface area (Å²) in [6.07, 6.45) is 0.0751. The number of ether oxygens (including phenoxy) is 1. The van der Waals surface area contributed by atoms with E-state index in [9.17, 15) is 9.90 Å². The summed E-state index contributed by atoms with van der Waals surface area (Å²) in [7, 11) is 0. The largest absolute Gasteiger partial charge is 0.388 e. The van der Waals surface area contributed by atoms with Gasteiger partial charge in [-0.05, 0) is 35.9 Å². The van der Waals surface area contributed by atoms with Crippen molar-refractivity contribution in [3.05, 3.63) is 57.8 Å². The fraction of sp³-hybridized carbons (Fsp3) is 0.389. The molecule has 6 heteroatoms. The summed E-state index contributed by atoms with van der Waals surface area (Å²) in [6, 6.07) is 11.4. The summed E-state index contributed by atoms with van der Waals surface area (Å²) in [5, 5.41) is 17.7. The van der Waals surface area contributed by atoms with E-state index in [4.69, 9.17) is 4.74 Å². The highest BCUT2D eigenvalue weighted by molar-refractivity contribution is 7.10. The van der Waals surface area contributed by atoms with E-state index in [2.05, 4.69) is 35.8 Å². The van der Waals surface area contributed by atoms with Crippen LogP contribution in [0.3, 0.4) is 0 Å². The number of aliphatic hydroxyl groups is 1. The average molecular weight is 346 g/mol. The Labute approximate surface area is 145 Å². The van der Waals surface area contributed by atoms with Gasteiger partial charge in [0, 0.05) is 4.88 Å². The normalized spacial score (nSPS) is 21.4. The molecule has 1 aliphatic heterocycles. The Morgan fingerprint density at radius 3 is 2.75 bits per heavy atom. The van der Waals surface area contributed by atoms with Gasteiger partial charge in [0.1, 0.15) is 0 Å². The van der Waals surface area contributed by atoms with Crippen molar-refractivity contribution in [2.45, 2.75) is 31.5 Å². The molecule has 1 aromatic carbocycles. The summed E-state index contributed by atoms with van der Waals surface area (Å²) in [4.78, 5) is 13.5. The maximum absolute atomic E-state index is 12.4. The standard InChI is InChI=1S/C18H22N2O3S/c1-12-7-8-24-17(12)14(9-13-5-3-2-4-6-13)19-18(22)20-15-10-23-11-16(15)21/h2-8,14-16,21H,9-11H2,1H3,(H2,19,20,22). The van der Waals surface area contributed by atoms with Gasteiger partial charge in [0.2, 0.25) is 0 Å². The number of carbonyl (C=O) groups is 1. The van der Waals surface area contributed by atoms with Crippen molar-refractivity contribution in [1.82, 2.24) is 10.6 Å². The molecule has 3 rings (SSSR count). The van der Waals surface area contributed by atoms with Crippen molar-refractivity contribution in [3.63, 3.8) is 0 Å². The molecule has 0 aliphatic carbocycles. The molecule has 0 radical (unpaired) electrons. The topological polar surface area (TPSA) is 70.6 Å². The van der Waals surface area contributed by atoms with E-state index in [0.717, 1.165) is 11.3 Å². The number of aryl methyl sites for hydroxylation is 1. The van der Waals surface area contributed by atoms with E-state index in [1.807, 2.05) is 23.6 Å². The van der Waals surface area contributed by atoms with Gasteiger partial charge in [-0.25, -0.2) is 4.79 Å². The SMILES string of the molecule is Cc1ccsc1C(Cc1ccccc1)NC(=O)NC1COCC1O. The van der Waals surface area contributed by atoms with Gasteiger partial charge < -0.3 is 20.5 Å². The van der Waals surface area contributed by atoms with Gasteiger partial charge in [0.15, 0.2) is 0 Å². The molecule has 2 amide bonds. The second-order valence-corrected chi connectivity index (χ2v) is 6.99. The first-order valence-electron chi connectivity index (χ1n) is 8.04. The zero-order chi connectivity index (χ0) is 16.9. The van der Waals surface area contributed by atoms with Gasteiger partial charge in [-0.15, -0.1) is 11.3 Å². The molecule has 24 heavy (non-hydrogen) atoms. The predicted octanol–water partition coefficient (Wildman–Crippen LogP) is 2.40. The molecule has 2 heterocycles. The Morgan fingerprint density at radius 2 is 2.12 bits per heavy atom. The zero-order valence-electron chi connectivity index (χ0n) is 13.6. The quantitative estimate of drug-likeness (QED) is 0.778. The number of aliphatic hydroxyl groups excluding tert-OH is 1. The molecule has 1 fully saturated rings. The monoisotopic (exact) mass is 346 g/mol. The molecule has 1 aliphatic rings. The molecule has 3 N–H and O–H groups in total. The summed E-state index contributed by atoms with van der Waals surface area (Å²) < 4.78 is 5.17. The van der Waals surface area contributed by atoms with E-state index in [0.29, 0.717) is 6.61 Å². The third-order valence-electron chi connectivity index (χ3n) is 4.17. The highest BCUT2D eigenvalue weighted by atomic mass is 32.1. The van der Waals surface area contributed by atoms with Crippen molar-refractivity contribution in [1.29, 1.82) is 0 Å².